The van der Waals surface area contributed by atoms with Crippen LogP contribution in [0.25, 0.3) is 0 Å². The molecule has 23 heavy (non-hydrogen) atoms. The maximum atomic E-state index is 5.54. The fourth-order valence-electron chi connectivity index (χ4n) is 3.15. The molecular weight excluding hydrogens is 296 g/mol. The highest BCUT2D eigenvalue weighted by Crippen LogP contribution is 2.31. The number of methoxy groups -OCH3 is 2. The van der Waals surface area contributed by atoms with Crippen LogP contribution in [0.15, 0.2) is 12.3 Å². The summed E-state index contributed by atoms with van der Waals surface area (Å²) in [6.07, 6.45) is 1.83. The fourth-order valence-corrected chi connectivity index (χ4v) is 3.15. The molecule has 1 aromatic rings. The van der Waals surface area contributed by atoms with Gasteiger partial charge in [-0.3, -0.25) is 0 Å². The molecule has 7 nitrogen and oxygen atoms in total. The molecule has 0 amide bonds. The SMILES string of the molecule is COC[C@H]1CN(c2cc(N3CCOCC3)ncc2OC)CCN1. The van der Waals surface area contributed by atoms with Crippen LogP contribution in [0.3, 0.4) is 0 Å². The van der Waals surface area contributed by atoms with Gasteiger partial charge in [0, 0.05) is 51.9 Å². The van der Waals surface area contributed by atoms with Crippen LogP contribution >= 0.6 is 0 Å². The van der Waals surface area contributed by atoms with Gasteiger partial charge < -0.3 is 29.3 Å². The van der Waals surface area contributed by atoms with E-state index in [1.165, 1.54) is 0 Å². The predicted octanol–water partition coefficient (Wildman–Crippen LogP) is 0.351. The Balaban J connectivity index is 1.80. The van der Waals surface area contributed by atoms with Crippen molar-refractivity contribution in [2.75, 3.05) is 76.6 Å². The van der Waals surface area contributed by atoms with E-state index < -0.39 is 0 Å². The van der Waals surface area contributed by atoms with E-state index in [1.807, 2.05) is 6.20 Å². The van der Waals surface area contributed by atoms with Crippen LogP contribution < -0.4 is 19.9 Å². The van der Waals surface area contributed by atoms with Crippen molar-refractivity contribution in [1.82, 2.24) is 10.3 Å². The van der Waals surface area contributed by atoms with Gasteiger partial charge in [0.25, 0.3) is 0 Å². The number of rotatable bonds is 5. The van der Waals surface area contributed by atoms with E-state index in [4.69, 9.17) is 14.2 Å². The summed E-state index contributed by atoms with van der Waals surface area (Å²) in [4.78, 5) is 9.18. The van der Waals surface area contributed by atoms with Crippen molar-refractivity contribution in [3.8, 4) is 5.75 Å². The number of hydrogen-bond donors (Lipinski definition) is 1. The van der Waals surface area contributed by atoms with Crippen molar-refractivity contribution in [3.05, 3.63) is 12.3 Å². The van der Waals surface area contributed by atoms with E-state index in [9.17, 15) is 0 Å². The lowest BCUT2D eigenvalue weighted by atomic mass is 10.2. The molecule has 0 saturated carbocycles. The van der Waals surface area contributed by atoms with Crippen molar-refractivity contribution >= 4 is 11.5 Å². The minimum absolute atomic E-state index is 0.332. The number of aromatic nitrogens is 1. The van der Waals surface area contributed by atoms with Crippen LogP contribution in [-0.2, 0) is 9.47 Å². The normalized spacial score (nSPS) is 22.3. The second-order valence-corrected chi connectivity index (χ2v) is 5.87. The smallest absolute Gasteiger partial charge is 0.160 e. The van der Waals surface area contributed by atoms with Crippen molar-refractivity contribution in [1.29, 1.82) is 0 Å². The zero-order valence-electron chi connectivity index (χ0n) is 14.0. The van der Waals surface area contributed by atoms with Gasteiger partial charge >= 0.3 is 0 Å². The van der Waals surface area contributed by atoms with Crippen molar-refractivity contribution in [2.24, 2.45) is 0 Å². The lowest BCUT2D eigenvalue weighted by Gasteiger charge is -2.36. The van der Waals surface area contributed by atoms with Crippen LogP contribution in [0.5, 0.6) is 5.75 Å². The van der Waals surface area contributed by atoms with E-state index in [0.717, 1.165) is 63.2 Å². The summed E-state index contributed by atoms with van der Waals surface area (Å²) in [5.74, 6) is 1.81. The van der Waals surface area contributed by atoms with Gasteiger partial charge in [-0.1, -0.05) is 0 Å². The summed E-state index contributed by atoms with van der Waals surface area (Å²) >= 11 is 0. The van der Waals surface area contributed by atoms with Crippen LogP contribution in [0, 0.1) is 0 Å². The van der Waals surface area contributed by atoms with Crippen molar-refractivity contribution in [3.63, 3.8) is 0 Å². The minimum Gasteiger partial charge on any atom is -0.493 e. The number of piperazine rings is 1. The lowest BCUT2D eigenvalue weighted by Crippen LogP contribution is -2.52. The molecule has 0 radical (unpaired) electrons. The zero-order valence-corrected chi connectivity index (χ0v) is 14.0. The molecule has 1 aromatic heterocycles. The first-order valence-electron chi connectivity index (χ1n) is 8.16. The maximum Gasteiger partial charge on any atom is 0.160 e. The number of morpholine rings is 1. The van der Waals surface area contributed by atoms with Gasteiger partial charge in [0.05, 0.1) is 38.8 Å². The Morgan fingerprint density at radius 3 is 2.83 bits per heavy atom. The molecule has 0 aromatic carbocycles. The topological polar surface area (TPSA) is 59.1 Å². The molecule has 0 spiro atoms. The van der Waals surface area contributed by atoms with Crippen LogP contribution in [-0.4, -0.2) is 77.8 Å². The van der Waals surface area contributed by atoms with Gasteiger partial charge in [-0.05, 0) is 0 Å². The Morgan fingerprint density at radius 1 is 1.26 bits per heavy atom. The third-order valence-corrected chi connectivity index (χ3v) is 4.35. The average molecular weight is 322 g/mol. The maximum absolute atomic E-state index is 5.54. The van der Waals surface area contributed by atoms with Gasteiger partial charge in [0.2, 0.25) is 0 Å². The largest absolute Gasteiger partial charge is 0.493 e. The Morgan fingerprint density at radius 2 is 2.09 bits per heavy atom. The molecule has 7 heteroatoms. The van der Waals surface area contributed by atoms with Crippen molar-refractivity contribution < 1.29 is 14.2 Å². The highest BCUT2D eigenvalue weighted by atomic mass is 16.5. The average Bonchev–Trinajstić information content (AvgIpc) is 2.62. The molecule has 1 atom stereocenters. The van der Waals surface area contributed by atoms with Gasteiger partial charge in [-0.25, -0.2) is 4.98 Å². The summed E-state index contributed by atoms with van der Waals surface area (Å²) in [6, 6.07) is 2.47. The molecule has 3 heterocycles. The minimum atomic E-state index is 0.332. The third-order valence-electron chi connectivity index (χ3n) is 4.35. The monoisotopic (exact) mass is 322 g/mol. The quantitative estimate of drug-likeness (QED) is 0.839. The molecule has 0 bridgehead atoms. The van der Waals surface area contributed by atoms with Crippen LogP contribution in [0.4, 0.5) is 11.5 Å². The summed E-state index contributed by atoms with van der Waals surface area (Å²) in [6.45, 7) is 6.77. The van der Waals surface area contributed by atoms with Crippen LogP contribution in [0.1, 0.15) is 0 Å². The number of pyridine rings is 1. The Kier molecular flexibility index (Phi) is 5.53. The molecule has 128 valence electrons. The molecule has 2 fully saturated rings. The van der Waals surface area contributed by atoms with Gasteiger partial charge in [-0.15, -0.1) is 0 Å². The second kappa shape index (κ2) is 7.81. The van der Waals surface area contributed by atoms with Gasteiger partial charge in [0.15, 0.2) is 5.75 Å². The Labute approximate surface area is 137 Å². The predicted molar refractivity (Wildman–Crippen MR) is 89.7 cm³/mol. The number of anilines is 2. The number of hydrogen-bond acceptors (Lipinski definition) is 7. The molecule has 3 rings (SSSR count). The fraction of sp³-hybridized carbons (Fsp3) is 0.688. The number of ether oxygens (including phenoxy) is 3. The first-order valence-corrected chi connectivity index (χ1v) is 8.16. The summed E-state index contributed by atoms with van der Waals surface area (Å²) in [5, 5.41) is 3.49. The van der Waals surface area contributed by atoms with Gasteiger partial charge in [-0.2, -0.15) is 0 Å². The Hall–Kier alpha value is -1.57. The van der Waals surface area contributed by atoms with E-state index in [-0.39, 0.29) is 0 Å². The highest BCUT2D eigenvalue weighted by Gasteiger charge is 2.23. The first-order chi connectivity index (χ1) is 11.3. The lowest BCUT2D eigenvalue weighted by molar-refractivity contribution is 0.122. The standard InChI is InChI=1S/C16H26N4O3/c1-21-12-13-11-20(4-3-17-13)14-9-16(18-10-15(14)22-2)19-5-7-23-8-6-19/h9-10,13,17H,3-8,11-12H2,1-2H3/t13-/m1/s1. The molecular formula is C16H26N4O3. The number of nitrogens with one attached hydrogen (secondary N) is 1. The molecule has 0 aliphatic carbocycles. The van der Waals surface area contributed by atoms with Crippen molar-refractivity contribution in [2.45, 2.75) is 6.04 Å². The third kappa shape index (κ3) is 3.85. The van der Waals surface area contributed by atoms with E-state index >= 15 is 0 Å². The molecule has 2 aliphatic heterocycles. The molecule has 1 N–H and O–H groups in total. The zero-order chi connectivity index (χ0) is 16.1. The Bertz CT molecular complexity index is 506. The number of nitrogens with zero attached hydrogens (tertiary/aromatic N) is 3. The first kappa shape index (κ1) is 16.3. The summed E-state index contributed by atoms with van der Waals surface area (Å²) < 4.78 is 16.3. The summed E-state index contributed by atoms with van der Waals surface area (Å²) in [7, 11) is 3.44. The molecule has 2 saturated heterocycles. The van der Waals surface area contributed by atoms with Gasteiger partial charge in [0.1, 0.15) is 5.82 Å². The van der Waals surface area contributed by atoms with E-state index in [2.05, 4.69) is 26.2 Å². The van der Waals surface area contributed by atoms with E-state index in [0.29, 0.717) is 12.6 Å². The molecule has 2 aliphatic rings. The van der Waals surface area contributed by atoms with E-state index in [1.54, 1.807) is 14.2 Å². The van der Waals surface area contributed by atoms with Crippen LogP contribution in [0.2, 0.25) is 0 Å². The second-order valence-electron chi connectivity index (χ2n) is 5.87. The summed E-state index contributed by atoms with van der Waals surface area (Å²) in [5.41, 5.74) is 1.10. The highest BCUT2D eigenvalue weighted by molar-refractivity contribution is 5.64. The molecule has 0 unspecified atom stereocenters.